The van der Waals surface area contributed by atoms with Gasteiger partial charge in [0.15, 0.2) is 5.13 Å². The predicted molar refractivity (Wildman–Crippen MR) is 70.0 cm³/mol. The van der Waals surface area contributed by atoms with Crippen LogP contribution in [0, 0.1) is 0 Å². The van der Waals surface area contributed by atoms with Crippen LogP contribution in [-0.2, 0) is 14.3 Å². The number of anilines is 1. The highest BCUT2D eigenvalue weighted by atomic mass is 32.1. The van der Waals surface area contributed by atoms with Gasteiger partial charge in [0.1, 0.15) is 12.6 Å². The Labute approximate surface area is 115 Å². The molecular weight excluding hydrogens is 266 g/mol. The average Bonchev–Trinajstić information content (AvgIpc) is 3.11. The molecule has 6 nitrogen and oxygen atoms in total. The van der Waals surface area contributed by atoms with Crippen molar-refractivity contribution < 1.29 is 14.3 Å². The van der Waals surface area contributed by atoms with Gasteiger partial charge in [-0.1, -0.05) is 0 Å². The van der Waals surface area contributed by atoms with Crippen molar-refractivity contribution in [2.24, 2.45) is 0 Å². The summed E-state index contributed by atoms with van der Waals surface area (Å²) in [5.41, 5.74) is 0. The number of piperazine rings is 1. The summed E-state index contributed by atoms with van der Waals surface area (Å²) in [6.45, 7) is 1.82. The van der Waals surface area contributed by atoms with E-state index in [0.29, 0.717) is 24.8 Å². The number of carbonyl (C=O) groups excluding carboxylic acids is 2. The average molecular weight is 281 g/mol. The minimum Gasteiger partial charge on any atom is -0.368 e. The van der Waals surface area contributed by atoms with Gasteiger partial charge in [0.05, 0.1) is 0 Å². The van der Waals surface area contributed by atoms with Gasteiger partial charge in [-0.2, -0.15) is 0 Å². The second-order valence-electron chi connectivity index (χ2n) is 4.62. The fraction of sp³-hybridized carbons (Fsp3) is 0.583. The van der Waals surface area contributed by atoms with E-state index in [9.17, 15) is 9.59 Å². The molecular formula is C12H15N3O3S. The van der Waals surface area contributed by atoms with E-state index in [1.807, 2.05) is 5.38 Å². The van der Waals surface area contributed by atoms with E-state index in [-0.39, 0.29) is 24.5 Å². The van der Waals surface area contributed by atoms with Crippen molar-refractivity contribution in [1.29, 1.82) is 0 Å². The molecule has 7 heteroatoms. The van der Waals surface area contributed by atoms with Gasteiger partial charge in [-0.3, -0.25) is 14.5 Å². The Hall–Kier alpha value is -1.47. The zero-order chi connectivity index (χ0) is 13.2. The number of aromatic nitrogens is 1. The minimum atomic E-state index is -0.348. The molecule has 2 amide bonds. The Morgan fingerprint density at radius 2 is 2.37 bits per heavy atom. The quantitative estimate of drug-likeness (QED) is 0.792. The van der Waals surface area contributed by atoms with Crippen molar-refractivity contribution in [3.63, 3.8) is 0 Å². The van der Waals surface area contributed by atoms with Gasteiger partial charge in [-0.25, -0.2) is 4.98 Å². The van der Waals surface area contributed by atoms with Crippen molar-refractivity contribution in [2.75, 3.05) is 31.1 Å². The van der Waals surface area contributed by atoms with E-state index in [2.05, 4.69) is 4.98 Å². The van der Waals surface area contributed by atoms with Crippen LogP contribution in [0.25, 0.3) is 0 Å². The number of ether oxygens (including phenoxy) is 1. The van der Waals surface area contributed by atoms with Crippen molar-refractivity contribution >= 4 is 28.3 Å². The highest BCUT2D eigenvalue weighted by Crippen LogP contribution is 2.21. The lowest BCUT2D eigenvalue weighted by atomic mass is 10.2. The summed E-state index contributed by atoms with van der Waals surface area (Å²) in [5, 5.41) is 2.54. The molecule has 19 heavy (non-hydrogen) atoms. The summed E-state index contributed by atoms with van der Waals surface area (Å²) >= 11 is 1.43. The Morgan fingerprint density at radius 1 is 1.47 bits per heavy atom. The summed E-state index contributed by atoms with van der Waals surface area (Å²) in [6.07, 6.45) is 3.01. The monoisotopic (exact) mass is 281 g/mol. The molecule has 0 radical (unpaired) electrons. The van der Waals surface area contributed by atoms with Gasteiger partial charge in [-0.05, 0) is 12.8 Å². The van der Waals surface area contributed by atoms with Gasteiger partial charge >= 0.3 is 0 Å². The number of rotatable bonds is 2. The summed E-state index contributed by atoms with van der Waals surface area (Å²) in [7, 11) is 0. The van der Waals surface area contributed by atoms with Crippen molar-refractivity contribution in [2.45, 2.75) is 18.9 Å². The number of carbonyl (C=O) groups is 2. The van der Waals surface area contributed by atoms with Crippen LogP contribution in [0.3, 0.4) is 0 Å². The maximum absolute atomic E-state index is 12.2. The number of nitrogens with zero attached hydrogens (tertiary/aromatic N) is 3. The molecule has 1 aromatic heterocycles. The third-order valence-electron chi connectivity index (χ3n) is 3.39. The molecule has 0 bridgehead atoms. The zero-order valence-corrected chi connectivity index (χ0v) is 11.3. The predicted octanol–water partition coefficient (Wildman–Crippen LogP) is 0.497. The first-order valence-corrected chi connectivity index (χ1v) is 7.24. The Kier molecular flexibility index (Phi) is 3.48. The molecule has 0 aromatic carbocycles. The summed E-state index contributed by atoms with van der Waals surface area (Å²) in [6, 6.07) is 0. The molecule has 102 valence electrons. The first-order valence-electron chi connectivity index (χ1n) is 6.36. The number of hydrogen-bond donors (Lipinski definition) is 0. The molecule has 1 aromatic rings. The van der Waals surface area contributed by atoms with Gasteiger partial charge in [0.2, 0.25) is 5.91 Å². The number of thiazole rings is 1. The topological polar surface area (TPSA) is 62.7 Å². The van der Waals surface area contributed by atoms with E-state index >= 15 is 0 Å². The third kappa shape index (κ3) is 2.48. The number of amides is 2. The van der Waals surface area contributed by atoms with E-state index in [0.717, 1.165) is 12.8 Å². The summed E-state index contributed by atoms with van der Waals surface area (Å²) < 4.78 is 5.38. The lowest BCUT2D eigenvalue weighted by Crippen LogP contribution is -2.54. The molecule has 0 spiro atoms. The Bertz CT molecular complexity index is 471. The second-order valence-corrected chi connectivity index (χ2v) is 5.49. The van der Waals surface area contributed by atoms with Crippen LogP contribution in [0.1, 0.15) is 12.8 Å². The zero-order valence-electron chi connectivity index (χ0n) is 10.4. The van der Waals surface area contributed by atoms with E-state index < -0.39 is 0 Å². The molecule has 2 aliphatic rings. The molecule has 3 rings (SSSR count). The molecule has 2 saturated heterocycles. The van der Waals surface area contributed by atoms with Crippen LogP contribution in [-0.4, -0.2) is 54.0 Å². The van der Waals surface area contributed by atoms with Crippen LogP contribution in [0.4, 0.5) is 5.13 Å². The first kappa shape index (κ1) is 12.6. The Balaban J connectivity index is 1.63. The van der Waals surface area contributed by atoms with Crippen molar-refractivity contribution in [3.8, 4) is 0 Å². The van der Waals surface area contributed by atoms with Crippen molar-refractivity contribution in [3.05, 3.63) is 11.6 Å². The summed E-state index contributed by atoms with van der Waals surface area (Å²) in [5.74, 6) is -0.128. The molecule has 1 unspecified atom stereocenters. The van der Waals surface area contributed by atoms with E-state index in [4.69, 9.17) is 4.74 Å². The minimum absolute atomic E-state index is 0.0513. The normalized spacial score (nSPS) is 24.0. The van der Waals surface area contributed by atoms with E-state index in [1.54, 1.807) is 16.0 Å². The van der Waals surface area contributed by atoms with Crippen LogP contribution in [0.5, 0.6) is 0 Å². The van der Waals surface area contributed by atoms with Crippen molar-refractivity contribution in [1.82, 2.24) is 9.88 Å². The number of hydrogen-bond acceptors (Lipinski definition) is 5. The van der Waals surface area contributed by atoms with Gasteiger partial charge in [0, 0.05) is 31.3 Å². The lowest BCUT2D eigenvalue weighted by molar-refractivity contribution is -0.144. The SMILES string of the molecule is O=C(C1CCCO1)N1CCN(c2nccs2)C(=O)C1. The highest BCUT2D eigenvalue weighted by molar-refractivity contribution is 7.13. The largest absolute Gasteiger partial charge is 0.368 e. The van der Waals surface area contributed by atoms with E-state index in [1.165, 1.54) is 11.3 Å². The van der Waals surface area contributed by atoms with Gasteiger partial charge in [0.25, 0.3) is 5.91 Å². The van der Waals surface area contributed by atoms with Crippen LogP contribution in [0.2, 0.25) is 0 Å². The first-order chi connectivity index (χ1) is 9.25. The fourth-order valence-electron chi connectivity index (χ4n) is 2.39. The van der Waals surface area contributed by atoms with Crippen LogP contribution >= 0.6 is 11.3 Å². The molecule has 0 N–H and O–H groups in total. The maximum atomic E-state index is 12.2. The highest BCUT2D eigenvalue weighted by Gasteiger charge is 2.34. The lowest BCUT2D eigenvalue weighted by Gasteiger charge is -2.33. The standard InChI is InChI=1S/C12H15N3O3S/c16-10-8-14(11(17)9-2-1-6-18-9)4-5-15(10)12-13-3-7-19-12/h3,7,9H,1-2,4-6,8H2. The second kappa shape index (κ2) is 5.26. The van der Waals surface area contributed by atoms with Gasteiger partial charge in [-0.15, -0.1) is 11.3 Å². The molecule has 2 aliphatic heterocycles. The molecule has 0 aliphatic carbocycles. The molecule has 2 fully saturated rings. The maximum Gasteiger partial charge on any atom is 0.252 e. The third-order valence-corrected chi connectivity index (χ3v) is 4.18. The smallest absolute Gasteiger partial charge is 0.252 e. The van der Waals surface area contributed by atoms with Crippen LogP contribution < -0.4 is 4.90 Å². The molecule has 3 heterocycles. The van der Waals surface area contributed by atoms with Crippen LogP contribution in [0.15, 0.2) is 11.6 Å². The molecule has 1 atom stereocenters. The fourth-order valence-corrected chi connectivity index (χ4v) is 3.07. The van der Waals surface area contributed by atoms with Gasteiger partial charge < -0.3 is 9.64 Å². The molecule has 0 saturated carbocycles. The summed E-state index contributed by atoms with van der Waals surface area (Å²) in [4.78, 5) is 31.6. The Morgan fingerprint density at radius 3 is 3.00 bits per heavy atom.